The van der Waals surface area contributed by atoms with Crippen molar-refractivity contribution in [1.82, 2.24) is 14.5 Å². The van der Waals surface area contributed by atoms with Crippen LogP contribution in [0.1, 0.15) is 35.3 Å². The molecule has 0 spiro atoms. The third-order valence-electron chi connectivity index (χ3n) is 6.45. The lowest BCUT2D eigenvalue weighted by Crippen LogP contribution is -2.53. The fourth-order valence-electron chi connectivity index (χ4n) is 4.39. The van der Waals surface area contributed by atoms with E-state index in [1.807, 2.05) is 44.2 Å². The first-order valence-corrected chi connectivity index (χ1v) is 14.4. The number of nitrogens with zero attached hydrogens (tertiary/aromatic N) is 2. The van der Waals surface area contributed by atoms with E-state index in [4.69, 9.17) is 11.6 Å². The third kappa shape index (κ3) is 6.32. The summed E-state index contributed by atoms with van der Waals surface area (Å²) < 4.78 is 26.9. The van der Waals surface area contributed by atoms with Gasteiger partial charge in [0.25, 0.3) is 15.9 Å². The summed E-state index contributed by atoms with van der Waals surface area (Å²) in [6, 6.07) is 21.0. The molecule has 1 unspecified atom stereocenters. The van der Waals surface area contributed by atoms with E-state index in [0.717, 1.165) is 5.56 Å². The molecule has 4 rings (SSSR count). The number of carbonyl (C=O) groups excluding carboxylic acids is 3. The maximum atomic E-state index is 13.9. The highest BCUT2D eigenvalue weighted by atomic mass is 35.5. The van der Waals surface area contributed by atoms with E-state index in [1.165, 1.54) is 23.1 Å². The van der Waals surface area contributed by atoms with Crippen molar-refractivity contribution in [2.45, 2.75) is 37.8 Å². The highest BCUT2D eigenvalue weighted by molar-refractivity contribution is 7.90. The summed E-state index contributed by atoms with van der Waals surface area (Å²) in [5.41, 5.74) is 1.41. The van der Waals surface area contributed by atoms with Crippen molar-refractivity contribution in [2.24, 2.45) is 5.92 Å². The number of carbonyl (C=O) groups is 3. The molecule has 1 N–H and O–H groups in total. The Morgan fingerprint density at radius 3 is 2.26 bits per heavy atom. The van der Waals surface area contributed by atoms with E-state index in [-0.39, 0.29) is 35.2 Å². The first-order chi connectivity index (χ1) is 18.6. The van der Waals surface area contributed by atoms with Gasteiger partial charge in [-0.25, -0.2) is 12.7 Å². The Labute approximate surface area is 233 Å². The molecule has 1 atom stereocenters. The summed E-state index contributed by atoms with van der Waals surface area (Å²) >= 11 is 6.42. The molecule has 0 aliphatic carbocycles. The number of rotatable bonds is 10. The van der Waals surface area contributed by atoms with Gasteiger partial charge in [0.1, 0.15) is 17.5 Å². The van der Waals surface area contributed by atoms with E-state index < -0.39 is 34.4 Å². The van der Waals surface area contributed by atoms with Crippen molar-refractivity contribution in [3.8, 4) is 0 Å². The third-order valence-corrected chi connectivity index (χ3v) is 8.60. The second kappa shape index (κ2) is 12.0. The van der Waals surface area contributed by atoms with Gasteiger partial charge in [0, 0.05) is 24.5 Å². The number of fused-ring (bicyclic) bond motifs is 1. The van der Waals surface area contributed by atoms with Crippen LogP contribution in [0.3, 0.4) is 0 Å². The fraction of sp³-hybridized carbons (Fsp3) is 0.276. The van der Waals surface area contributed by atoms with E-state index in [9.17, 15) is 22.8 Å². The molecule has 0 saturated carbocycles. The largest absolute Gasteiger partial charge is 0.354 e. The average molecular weight is 568 g/mol. The van der Waals surface area contributed by atoms with Crippen LogP contribution in [-0.4, -0.2) is 54.5 Å². The first-order valence-electron chi connectivity index (χ1n) is 12.6. The Hall–Kier alpha value is -3.69. The maximum Gasteiger partial charge on any atom is 0.269 e. The highest BCUT2D eigenvalue weighted by Crippen LogP contribution is 2.30. The van der Waals surface area contributed by atoms with Crippen LogP contribution in [0.25, 0.3) is 0 Å². The molecular weight excluding hydrogens is 538 g/mol. The van der Waals surface area contributed by atoms with Gasteiger partial charge in [-0.2, -0.15) is 0 Å². The van der Waals surface area contributed by atoms with Gasteiger partial charge in [-0.05, 0) is 35.2 Å². The van der Waals surface area contributed by atoms with E-state index >= 15 is 0 Å². The maximum absolute atomic E-state index is 13.9. The van der Waals surface area contributed by atoms with E-state index in [2.05, 4.69) is 5.32 Å². The Bertz CT molecular complexity index is 1480. The number of amides is 3. The Morgan fingerprint density at radius 2 is 1.59 bits per heavy atom. The van der Waals surface area contributed by atoms with Crippen molar-refractivity contribution in [2.75, 3.05) is 13.1 Å². The van der Waals surface area contributed by atoms with Crippen LogP contribution in [0.15, 0.2) is 83.8 Å². The summed E-state index contributed by atoms with van der Waals surface area (Å²) in [4.78, 5) is 41.7. The SMILES string of the molecule is CC(C)CNC(=O)C(Cc1ccccc1)N(Cc1ccccc1Cl)C(=O)CN1C(=O)c2ccccc2S1(=O)=O. The summed E-state index contributed by atoms with van der Waals surface area (Å²) in [5.74, 6) is -1.68. The smallest absolute Gasteiger partial charge is 0.269 e. The summed E-state index contributed by atoms with van der Waals surface area (Å²) in [6.45, 7) is 3.51. The van der Waals surface area contributed by atoms with Gasteiger partial charge in [-0.15, -0.1) is 0 Å². The Balaban J connectivity index is 1.72. The second-order valence-electron chi connectivity index (χ2n) is 9.77. The van der Waals surface area contributed by atoms with Gasteiger partial charge in [0.2, 0.25) is 11.8 Å². The number of nitrogens with one attached hydrogen (secondary N) is 1. The topological polar surface area (TPSA) is 104 Å². The standard InChI is InChI=1S/C29H30ClN3O5S/c1-20(2)17-31-28(35)25(16-21-10-4-3-5-11-21)32(18-22-12-6-8-14-24(22)30)27(34)19-33-29(36)23-13-7-9-15-26(23)39(33,37)38/h3-15,20,25H,16-19H2,1-2H3,(H,31,35). The van der Waals surface area contributed by atoms with Gasteiger partial charge < -0.3 is 10.2 Å². The molecule has 1 aliphatic rings. The molecule has 8 nitrogen and oxygen atoms in total. The van der Waals surface area contributed by atoms with Crippen molar-refractivity contribution < 1.29 is 22.8 Å². The van der Waals surface area contributed by atoms with Crippen LogP contribution in [0.2, 0.25) is 5.02 Å². The van der Waals surface area contributed by atoms with Crippen LogP contribution in [0.5, 0.6) is 0 Å². The molecular formula is C29H30ClN3O5S. The zero-order valence-corrected chi connectivity index (χ0v) is 23.3. The lowest BCUT2D eigenvalue weighted by molar-refractivity contribution is -0.141. The van der Waals surface area contributed by atoms with Crippen LogP contribution < -0.4 is 5.32 Å². The number of hydrogen-bond donors (Lipinski definition) is 1. The molecule has 3 aromatic carbocycles. The van der Waals surface area contributed by atoms with Crippen molar-refractivity contribution in [3.63, 3.8) is 0 Å². The molecule has 0 fully saturated rings. The zero-order chi connectivity index (χ0) is 28.2. The van der Waals surface area contributed by atoms with E-state index in [0.29, 0.717) is 21.4 Å². The lowest BCUT2D eigenvalue weighted by atomic mass is 10.0. The fourth-order valence-corrected chi connectivity index (χ4v) is 6.10. The molecule has 1 aliphatic heterocycles. The molecule has 3 aromatic rings. The number of benzene rings is 3. The molecule has 0 radical (unpaired) electrons. The van der Waals surface area contributed by atoms with Crippen LogP contribution >= 0.6 is 11.6 Å². The van der Waals surface area contributed by atoms with E-state index in [1.54, 1.807) is 30.3 Å². The molecule has 0 bridgehead atoms. The van der Waals surface area contributed by atoms with Gasteiger partial charge in [0.05, 0.1) is 5.56 Å². The Morgan fingerprint density at radius 1 is 0.949 bits per heavy atom. The van der Waals surface area contributed by atoms with Gasteiger partial charge in [0.15, 0.2) is 0 Å². The van der Waals surface area contributed by atoms with Crippen molar-refractivity contribution in [1.29, 1.82) is 0 Å². The summed E-state index contributed by atoms with van der Waals surface area (Å²) in [6.07, 6.45) is 0.182. The summed E-state index contributed by atoms with van der Waals surface area (Å²) in [5, 5.41) is 3.30. The number of hydrogen-bond acceptors (Lipinski definition) is 5. The Kier molecular flexibility index (Phi) is 8.72. The van der Waals surface area contributed by atoms with Gasteiger partial charge in [-0.3, -0.25) is 14.4 Å². The molecule has 0 aromatic heterocycles. The minimum absolute atomic E-state index is 0.0125. The summed E-state index contributed by atoms with van der Waals surface area (Å²) in [7, 11) is -4.22. The van der Waals surface area contributed by atoms with Gasteiger partial charge >= 0.3 is 0 Å². The monoisotopic (exact) mass is 567 g/mol. The first kappa shape index (κ1) is 28.3. The molecule has 204 valence electrons. The predicted molar refractivity (Wildman–Crippen MR) is 148 cm³/mol. The minimum atomic E-state index is -4.22. The van der Waals surface area contributed by atoms with Crippen LogP contribution in [0.4, 0.5) is 0 Å². The molecule has 39 heavy (non-hydrogen) atoms. The molecule has 1 heterocycles. The highest BCUT2D eigenvalue weighted by Gasteiger charge is 2.43. The van der Waals surface area contributed by atoms with Crippen molar-refractivity contribution in [3.05, 3.63) is 101 Å². The zero-order valence-electron chi connectivity index (χ0n) is 21.7. The second-order valence-corrected chi connectivity index (χ2v) is 12.0. The minimum Gasteiger partial charge on any atom is -0.354 e. The lowest BCUT2D eigenvalue weighted by Gasteiger charge is -2.33. The normalized spacial score (nSPS) is 14.7. The molecule has 0 saturated heterocycles. The van der Waals surface area contributed by atoms with Gasteiger partial charge in [-0.1, -0.05) is 86.1 Å². The van der Waals surface area contributed by atoms with Crippen LogP contribution in [0, 0.1) is 5.92 Å². The average Bonchev–Trinajstić information content (AvgIpc) is 3.11. The quantitative estimate of drug-likeness (QED) is 0.400. The molecule has 10 heteroatoms. The number of halogens is 1. The molecule has 3 amide bonds. The number of sulfonamides is 1. The van der Waals surface area contributed by atoms with Crippen molar-refractivity contribution >= 4 is 39.3 Å². The predicted octanol–water partition coefficient (Wildman–Crippen LogP) is 3.90. The van der Waals surface area contributed by atoms with Crippen LogP contribution in [-0.2, 0) is 32.6 Å².